The van der Waals surface area contributed by atoms with Crippen LogP contribution in [0.4, 0.5) is 0 Å². The molecule has 4 aliphatic rings. The molecule has 2 bridgehead atoms. The molecule has 3 atom stereocenters. The highest BCUT2D eigenvalue weighted by Crippen LogP contribution is 2.63. The molecule has 5 nitrogen and oxygen atoms in total. The van der Waals surface area contributed by atoms with E-state index < -0.39 is 5.38 Å². The van der Waals surface area contributed by atoms with E-state index >= 15 is 0 Å². The number of carbonyl (C=O) groups excluding carboxylic acids is 1. The van der Waals surface area contributed by atoms with Crippen LogP contribution in [0, 0.1) is 16.7 Å². The lowest BCUT2D eigenvalue weighted by atomic mass is 9.70. The van der Waals surface area contributed by atoms with Gasteiger partial charge in [0.2, 0.25) is 5.96 Å². The molecule has 0 radical (unpaired) electrons. The number of amides is 1. The lowest BCUT2D eigenvalue weighted by Gasteiger charge is -2.35. The van der Waals surface area contributed by atoms with Crippen LogP contribution in [-0.4, -0.2) is 40.2 Å². The molecule has 4 rings (SSSR count). The van der Waals surface area contributed by atoms with Crippen molar-refractivity contribution in [2.45, 2.75) is 39.0 Å². The van der Waals surface area contributed by atoms with Gasteiger partial charge in [0.1, 0.15) is 5.38 Å². The van der Waals surface area contributed by atoms with Crippen LogP contribution in [0.15, 0.2) is 15.1 Å². The van der Waals surface area contributed by atoms with Crippen LogP contribution < -0.4 is 0 Å². The fourth-order valence-corrected chi connectivity index (χ4v) is 4.26. The zero-order valence-electron chi connectivity index (χ0n) is 11.9. The van der Waals surface area contributed by atoms with Gasteiger partial charge in [-0.05, 0) is 18.3 Å². The number of hydrogen-bond acceptors (Lipinski definition) is 4. The van der Waals surface area contributed by atoms with Crippen molar-refractivity contribution < 1.29 is 4.79 Å². The molecule has 2 saturated carbocycles. The maximum absolute atomic E-state index is 11.6. The predicted octanol–water partition coefficient (Wildman–Crippen LogP) is 2.06. The first-order chi connectivity index (χ1) is 9.34. The highest BCUT2D eigenvalue weighted by Gasteiger charge is 2.64. The number of aliphatic imine (C=N–C) groups is 2. The summed E-state index contributed by atoms with van der Waals surface area (Å²) < 4.78 is 0. The molecule has 1 unspecified atom stereocenters. The van der Waals surface area contributed by atoms with E-state index in [1.807, 2.05) is 0 Å². The third-order valence-corrected chi connectivity index (χ3v) is 6.13. The number of rotatable bonds is 0. The largest absolute Gasteiger partial charge is 0.271 e. The van der Waals surface area contributed by atoms with Crippen LogP contribution in [0.5, 0.6) is 0 Å². The van der Waals surface area contributed by atoms with Gasteiger partial charge in [0, 0.05) is 11.3 Å². The van der Waals surface area contributed by atoms with Crippen molar-refractivity contribution in [3.05, 3.63) is 0 Å². The van der Waals surface area contributed by atoms with Crippen molar-refractivity contribution in [1.29, 1.82) is 0 Å². The molecule has 2 heterocycles. The number of carbonyl (C=O) groups is 1. The van der Waals surface area contributed by atoms with E-state index in [-0.39, 0.29) is 16.7 Å². The van der Waals surface area contributed by atoms with Gasteiger partial charge >= 0.3 is 0 Å². The molecular formula is C14H17ClN4O. The molecule has 2 aliphatic heterocycles. The fraction of sp³-hybridized carbons (Fsp3) is 0.714. The molecule has 1 amide bonds. The first-order valence-corrected chi connectivity index (χ1v) is 7.50. The summed E-state index contributed by atoms with van der Waals surface area (Å²) in [5, 5.41) is 5.80. The Morgan fingerprint density at radius 3 is 2.80 bits per heavy atom. The Bertz CT molecular complexity index is 621. The molecule has 106 valence electrons. The first kappa shape index (κ1) is 12.5. The number of guanidine groups is 1. The maximum atomic E-state index is 11.6. The van der Waals surface area contributed by atoms with Gasteiger partial charge in [0.15, 0.2) is 0 Å². The van der Waals surface area contributed by atoms with Gasteiger partial charge in [0.05, 0.1) is 18.0 Å². The Hall–Kier alpha value is -1.23. The molecule has 0 N–H and O–H groups in total. The molecule has 0 aromatic heterocycles. The van der Waals surface area contributed by atoms with Crippen LogP contribution in [-0.2, 0) is 4.79 Å². The van der Waals surface area contributed by atoms with Crippen LogP contribution in [0.1, 0.15) is 33.6 Å². The zero-order valence-corrected chi connectivity index (χ0v) is 12.6. The van der Waals surface area contributed by atoms with Crippen molar-refractivity contribution in [2.75, 3.05) is 6.54 Å². The molecule has 2 aliphatic carbocycles. The minimum atomic E-state index is -0.623. The quantitative estimate of drug-likeness (QED) is 0.642. The second-order valence-corrected chi connectivity index (χ2v) is 7.42. The van der Waals surface area contributed by atoms with Crippen molar-refractivity contribution in [2.24, 2.45) is 31.8 Å². The third-order valence-electron chi connectivity index (χ3n) is 5.80. The number of halogens is 1. The smallest absolute Gasteiger partial charge is 0.268 e. The molecule has 0 spiro atoms. The molecule has 2 fully saturated rings. The average molecular weight is 293 g/mol. The summed E-state index contributed by atoms with van der Waals surface area (Å²) in [5.74, 6) is 0.544. The summed E-state index contributed by atoms with van der Waals surface area (Å²) in [6.07, 6.45) is 2.28. The lowest BCUT2D eigenvalue weighted by molar-refractivity contribution is -0.118. The molecular weight excluding hydrogens is 276 g/mol. The summed E-state index contributed by atoms with van der Waals surface area (Å²) >= 11 is 5.98. The maximum Gasteiger partial charge on any atom is 0.268 e. The van der Waals surface area contributed by atoms with E-state index in [0.29, 0.717) is 18.4 Å². The SMILES string of the molecule is CC1(C)[C@@H]2CC[C@@]1(C)C1=NC3=NC(=O)C(Cl)CN3N=C12. The number of fused-ring (bicyclic) bond motifs is 6. The minimum absolute atomic E-state index is 0.0337. The Kier molecular flexibility index (Phi) is 2.19. The van der Waals surface area contributed by atoms with Crippen LogP contribution in [0.2, 0.25) is 0 Å². The van der Waals surface area contributed by atoms with Crippen LogP contribution in [0.25, 0.3) is 0 Å². The van der Waals surface area contributed by atoms with Gasteiger partial charge in [-0.25, -0.2) is 10.0 Å². The summed E-state index contributed by atoms with van der Waals surface area (Å²) in [7, 11) is 0. The standard InChI is InChI=1S/C14H17ClN4O/c1-13(2)7-4-5-14(13,3)10-9(7)18-19-6-8(15)11(20)17-12(19)16-10/h7-8H,4-6H2,1-3H3/t7-,8?,14+/m1/s1. The second kappa shape index (κ2) is 3.50. The fourth-order valence-electron chi connectivity index (χ4n) is 4.08. The molecule has 0 aromatic rings. The van der Waals surface area contributed by atoms with Gasteiger partial charge in [-0.1, -0.05) is 20.8 Å². The topological polar surface area (TPSA) is 57.4 Å². The summed E-state index contributed by atoms with van der Waals surface area (Å²) in [6, 6.07) is 0. The van der Waals surface area contributed by atoms with E-state index in [9.17, 15) is 4.79 Å². The van der Waals surface area contributed by atoms with Gasteiger partial charge in [-0.3, -0.25) is 4.79 Å². The first-order valence-electron chi connectivity index (χ1n) is 7.07. The lowest BCUT2D eigenvalue weighted by Crippen LogP contribution is -2.46. The van der Waals surface area contributed by atoms with Gasteiger partial charge in [0.25, 0.3) is 5.91 Å². The number of nitrogens with zero attached hydrogens (tertiary/aromatic N) is 4. The zero-order chi connectivity index (χ0) is 14.3. The highest BCUT2D eigenvalue weighted by atomic mass is 35.5. The molecule has 6 heteroatoms. The van der Waals surface area contributed by atoms with Gasteiger partial charge in [-0.2, -0.15) is 10.1 Å². The van der Waals surface area contributed by atoms with Crippen molar-refractivity contribution in [1.82, 2.24) is 5.01 Å². The van der Waals surface area contributed by atoms with Crippen molar-refractivity contribution in [3.63, 3.8) is 0 Å². The van der Waals surface area contributed by atoms with Gasteiger partial charge in [-0.15, -0.1) is 11.6 Å². The van der Waals surface area contributed by atoms with E-state index in [0.717, 1.165) is 24.3 Å². The average Bonchev–Trinajstić information content (AvgIpc) is 2.69. The summed E-state index contributed by atoms with van der Waals surface area (Å²) in [5.41, 5.74) is 2.31. The van der Waals surface area contributed by atoms with E-state index in [1.165, 1.54) is 0 Å². The predicted molar refractivity (Wildman–Crippen MR) is 78.3 cm³/mol. The summed E-state index contributed by atoms with van der Waals surface area (Å²) in [4.78, 5) is 20.3. The van der Waals surface area contributed by atoms with Crippen LogP contribution >= 0.6 is 11.6 Å². The Morgan fingerprint density at radius 2 is 2.05 bits per heavy atom. The number of hydrazone groups is 1. The van der Waals surface area contributed by atoms with Crippen molar-refractivity contribution in [3.8, 4) is 0 Å². The van der Waals surface area contributed by atoms with E-state index in [1.54, 1.807) is 5.01 Å². The van der Waals surface area contributed by atoms with Crippen LogP contribution in [0.3, 0.4) is 0 Å². The second-order valence-electron chi connectivity index (χ2n) is 6.89. The van der Waals surface area contributed by atoms with E-state index in [2.05, 4.69) is 30.8 Å². The minimum Gasteiger partial charge on any atom is -0.271 e. The Morgan fingerprint density at radius 1 is 1.30 bits per heavy atom. The summed E-state index contributed by atoms with van der Waals surface area (Å²) in [6.45, 7) is 7.22. The van der Waals surface area contributed by atoms with E-state index in [4.69, 9.17) is 16.7 Å². The van der Waals surface area contributed by atoms with Crippen molar-refractivity contribution >= 4 is 34.9 Å². The highest BCUT2D eigenvalue weighted by molar-refractivity contribution is 6.50. The number of hydrogen-bond donors (Lipinski definition) is 0. The molecule has 20 heavy (non-hydrogen) atoms. The third kappa shape index (κ3) is 1.25. The monoisotopic (exact) mass is 292 g/mol. The molecule has 0 saturated heterocycles. The number of alkyl halides is 1. The molecule has 0 aromatic carbocycles. The van der Waals surface area contributed by atoms with Gasteiger partial charge < -0.3 is 0 Å². The Labute approximate surface area is 122 Å². The normalized spacial score (nSPS) is 40.9. The Balaban J connectivity index is 1.87.